The summed E-state index contributed by atoms with van der Waals surface area (Å²) in [6.07, 6.45) is 4.84. The molecule has 2 aliphatic rings. The first kappa shape index (κ1) is 17.5. The molecule has 0 aliphatic carbocycles. The van der Waals surface area contributed by atoms with Gasteiger partial charge in [0.15, 0.2) is 9.84 Å². The van der Waals surface area contributed by atoms with Crippen molar-refractivity contribution >= 4 is 21.4 Å². The predicted octanol–water partition coefficient (Wildman–Crippen LogP) is 0.597. The van der Waals surface area contributed by atoms with Crippen molar-refractivity contribution in [2.75, 3.05) is 31.1 Å². The maximum atomic E-state index is 13.0. The Balaban J connectivity index is 1.56. The molecular formula is C18H24N4O3S. The lowest BCUT2D eigenvalue weighted by molar-refractivity contribution is -0.136. The Morgan fingerprint density at radius 1 is 1.23 bits per heavy atom. The third-order valence-electron chi connectivity index (χ3n) is 5.45. The van der Waals surface area contributed by atoms with Gasteiger partial charge < -0.3 is 9.30 Å². The van der Waals surface area contributed by atoms with Crippen molar-refractivity contribution in [1.29, 1.82) is 0 Å². The average Bonchev–Trinajstić information content (AvgIpc) is 3.15. The topological polar surface area (TPSA) is 75.0 Å². The van der Waals surface area contributed by atoms with Gasteiger partial charge >= 0.3 is 0 Å². The number of nitrogens with zero attached hydrogens (tertiary/aromatic N) is 4. The standard InChI is InChI=1S/C18H24N4O3S/c1-2-6-20-8-9-22(16-13-26(24,25)12-15(16)20)18(23)10-14-11-19-17-5-3-4-7-21(14)17/h3-5,7,11,15-16H,2,6,8-10,12-13H2,1H3/t15-,16+/m1/s1. The average molecular weight is 376 g/mol. The van der Waals surface area contributed by atoms with E-state index in [9.17, 15) is 13.2 Å². The smallest absolute Gasteiger partial charge is 0.228 e. The molecule has 1 amide bonds. The molecule has 0 radical (unpaired) electrons. The van der Waals surface area contributed by atoms with E-state index in [-0.39, 0.29) is 35.9 Å². The Hall–Kier alpha value is -1.93. The summed E-state index contributed by atoms with van der Waals surface area (Å²) in [6.45, 7) is 4.31. The minimum absolute atomic E-state index is 0.0149. The van der Waals surface area contributed by atoms with Gasteiger partial charge in [0.1, 0.15) is 5.65 Å². The number of carbonyl (C=O) groups excluding carboxylic acids is 1. The predicted molar refractivity (Wildman–Crippen MR) is 98.7 cm³/mol. The van der Waals surface area contributed by atoms with Crippen molar-refractivity contribution in [2.24, 2.45) is 0 Å². The molecule has 8 heteroatoms. The van der Waals surface area contributed by atoms with E-state index in [0.717, 1.165) is 30.9 Å². The molecule has 2 aromatic heterocycles. The van der Waals surface area contributed by atoms with Gasteiger partial charge in [-0.25, -0.2) is 13.4 Å². The first-order valence-electron chi connectivity index (χ1n) is 9.13. The van der Waals surface area contributed by atoms with E-state index in [4.69, 9.17) is 0 Å². The van der Waals surface area contributed by atoms with Gasteiger partial charge in [-0.05, 0) is 25.1 Å². The van der Waals surface area contributed by atoms with Crippen LogP contribution >= 0.6 is 0 Å². The quantitative estimate of drug-likeness (QED) is 0.781. The van der Waals surface area contributed by atoms with Gasteiger partial charge in [-0.1, -0.05) is 13.0 Å². The highest BCUT2D eigenvalue weighted by molar-refractivity contribution is 7.91. The third kappa shape index (κ3) is 3.12. The Bertz CT molecular complexity index is 923. The van der Waals surface area contributed by atoms with Gasteiger partial charge in [-0.3, -0.25) is 9.69 Å². The molecule has 0 aromatic carbocycles. The number of aromatic nitrogens is 2. The molecule has 2 fully saturated rings. The summed E-state index contributed by atoms with van der Waals surface area (Å²) in [5.74, 6) is 0.229. The second-order valence-corrected chi connectivity index (χ2v) is 9.34. The molecule has 2 atom stereocenters. The number of sulfone groups is 1. The van der Waals surface area contributed by atoms with Crippen LogP contribution in [-0.4, -0.2) is 76.7 Å². The van der Waals surface area contributed by atoms with Crippen molar-refractivity contribution < 1.29 is 13.2 Å². The van der Waals surface area contributed by atoms with Crippen molar-refractivity contribution in [2.45, 2.75) is 31.8 Å². The summed E-state index contributed by atoms with van der Waals surface area (Å²) < 4.78 is 26.4. The van der Waals surface area contributed by atoms with E-state index in [2.05, 4.69) is 16.8 Å². The normalized spacial score (nSPS) is 25.5. The van der Waals surface area contributed by atoms with Gasteiger partial charge in [-0.15, -0.1) is 0 Å². The number of amides is 1. The lowest BCUT2D eigenvalue weighted by atomic mass is 10.0. The molecule has 0 N–H and O–H groups in total. The van der Waals surface area contributed by atoms with Crippen LogP contribution < -0.4 is 0 Å². The van der Waals surface area contributed by atoms with E-state index in [0.29, 0.717) is 6.54 Å². The zero-order chi connectivity index (χ0) is 18.3. The summed E-state index contributed by atoms with van der Waals surface area (Å²) in [6, 6.07) is 5.42. The van der Waals surface area contributed by atoms with E-state index in [1.165, 1.54) is 0 Å². The van der Waals surface area contributed by atoms with Gasteiger partial charge in [-0.2, -0.15) is 0 Å². The van der Waals surface area contributed by atoms with Crippen LogP contribution in [0.3, 0.4) is 0 Å². The Labute approximate surface area is 153 Å². The highest BCUT2D eigenvalue weighted by atomic mass is 32.2. The molecule has 140 valence electrons. The molecule has 2 aromatic rings. The monoisotopic (exact) mass is 376 g/mol. The van der Waals surface area contributed by atoms with Crippen molar-refractivity contribution in [1.82, 2.24) is 19.2 Å². The Morgan fingerprint density at radius 3 is 2.85 bits per heavy atom. The number of hydrogen-bond donors (Lipinski definition) is 0. The molecule has 7 nitrogen and oxygen atoms in total. The highest BCUT2D eigenvalue weighted by Crippen LogP contribution is 2.27. The summed E-state index contributed by atoms with van der Waals surface area (Å²) in [5.41, 5.74) is 1.64. The zero-order valence-corrected chi connectivity index (χ0v) is 15.7. The number of rotatable bonds is 4. The van der Waals surface area contributed by atoms with Crippen LogP contribution in [0, 0.1) is 0 Å². The van der Waals surface area contributed by atoms with Crippen LogP contribution in [0.1, 0.15) is 19.0 Å². The molecule has 2 saturated heterocycles. The van der Waals surface area contributed by atoms with E-state index >= 15 is 0 Å². The molecule has 0 saturated carbocycles. The Morgan fingerprint density at radius 2 is 2.04 bits per heavy atom. The molecule has 0 bridgehead atoms. The van der Waals surface area contributed by atoms with Gasteiger partial charge in [0, 0.05) is 31.5 Å². The number of carbonyl (C=O) groups is 1. The van der Waals surface area contributed by atoms with Crippen LogP contribution in [-0.2, 0) is 21.1 Å². The fraction of sp³-hybridized carbons (Fsp3) is 0.556. The van der Waals surface area contributed by atoms with Gasteiger partial charge in [0.2, 0.25) is 5.91 Å². The van der Waals surface area contributed by atoms with Crippen LogP contribution in [0.25, 0.3) is 5.65 Å². The SMILES string of the molecule is CCCN1CCN(C(=O)Cc2cnc3ccccn23)[C@H]2CS(=O)(=O)C[C@H]21. The summed E-state index contributed by atoms with van der Waals surface area (Å²) in [5, 5.41) is 0. The van der Waals surface area contributed by atoms with Crippen LogP contribution in [0.2, 0.25) is 0 Å². The summed E-state index contributed by atoms with van der Waals surface area (Å²) in [4.78, 5) is 21.4. The van der Waals surface area contributed by atoms with Crippen LogP contribution in [0.4, 0.5) is 0 Å². The summed E-state index contributed by atoms with van der Waals surface area (Å²) in [7, 11) is -3.10. The van der Waals surface area contributed by atoms with Crippen molar-refractivity contribution in [3.05, 3.63) is 36.3 Å². The molecule has 0 unspecified atom stereocenters. The van der Waals surface area contributed by atoms with E-state index in [1.807, 2.05) is 28.8 Å². The molecule has 4 rings (SSSR count). The first-order valence-corrected chi connectivity index (χ1v) is 11.0. The molecule has 0 spiro atoms. The maximum absolute atomic E-state index is 13.0. The molecular weight excluding hydrogens is 352 g/mol. The zero-order valence-electron chi connectivity index (χ0n) is 14.9. The third-order valence-corrected chi connectivity index (χ3v) is 7.15. The Kier molecular flexibility index (Phi) is 4.48. The highest BCUT2D eigenvalue weighted by Gasteiger charge is 2.47. The lowest BCUT2D eigenvalue weighted by Gasteiger charge is -2.44. The molecule has 2 aliphatic heterocycles. The second-order valence-electron chi connectivity index (χ2n) is 7.19. The van der Waals surface area contributed by atoms with Crippen molar-refractivity contribution in [3.63, 3.8) is 0 Å². The van der Waals surface area contributed by atoms with E-state index in [1.54, 1.807) is 11.1 Å². The largest absolute Gasteiger partial charge is 0.335 e. The fourth-order valence-corrected chi connectivity index (χ4v) is 6.28. The number of piperazine rings is 1. The van der Waals surface area contributed by atoms with E-state index < -0.39 is 9.84 Å². The second kappa shape index (κ2) is 6.66. The number of hydrogen-bond acceptors (Lipinski definition) is 5. The maximum Gasteiger partial charge on any atom is 0.228 e. The minimum atomic E-state index is -3.10. The lowest BCUT2D eigenvalue weighted by Crippen LogP contribution is -2.60. The number of pyridine rings is 1. The van der Waals surface area contributed by atoms with Crippen LogP contribution in [0.5, 0.6) is 0 Å². The molecule has 26 heavy (non-hydrogen) atoms. The number of fused-ring (bicyclic) bond motifs is 2. The van der Waals surface area contributed by atoms with Crippen molar-refractivity contribution in [3.8, 4) is 0 Å². The minimum Gasteiger partial charge on any atom is -0.335 e. The van der Waals surface area contributed by atoms with Gasteiger partial charge in [0.25, 0.3) is 0 Å². The first-order chi connectivity index (χ1) is 12.5. The van der Waals surface area contributed by atoms with Crippen LogP contribution in [0.15, 0.2) is 30.6 Å². The fourth-order valence-electron chi connectivity index (χ4n) is 4.27. The summed E-state index contributed by atoms with van der Waals surface area (Å²) >= 11 is 0. The van der Waals surface area contributed by atoms with Gasteiger partial charge in [0.05, 0.1) is 29.7 Å². The number of imidazole rings is 1. The molecule has 4 heterocycles.